The van der Waals surface area contributed by atoms with E-state index in [1.165, 1.54) is 0 Å². The first-order valence-electron chi connectivity index (χ1n) is 4.79. The van der Waals surface area contributed by atoms with Crippen molar-refractivity contribution in [2.24, 2.45) is 0 Å². The molecule has 14 heavy (non-hydrogen) atoms. The number of hydrogen-bond acceptors (Lipinski definition) is 4. The first-order chi connectivity index (χ1) is 6.66. The van der Waals surface area contributed by atoms with Gasteiger partial charge in [-0.15, -0.1) is 0 Å². The van der Waals surface area contributed by atoms with E-state index in [1.54, 1.807) is 0 Å². The fraction of sp³-hybridized carbons (Fsp3) is 0.600. The van der Waals surface area contributed by atoms with Gasteiger partial charge in [-0.3, -0.25) is 4.79 Å². The Morgan fingerprint density at radius 1 is 1.43 bits per heavy atom. The maximum atomic E-state index is 11.1. The van der Waals surface area contributed by atoms with E-state index in [0.717, 1.165) is 19.3 Å². The summed E-state index contributed by atoms with van der Waals surface area (Å²) in [6, 6.07) is 0. The zero-order chi connectivity index (χ0) is 10.6. The first kappa shape index (κ1) is 10.8. The molecule has 0 atom stereocenters. The zero-order valence-corrected chi connectivity index (χ0v) is 8.21. The molecule has 1 fully saturated rings. The quantitative estimate of drug-likeness (QED) is 0.244. The SMILES string of the molecule is CCCCCC(O)=C1C(=O)COC1=O. The maximum absolute atomic E-state index is 11.1. The molecule has 0 saturated carbocycles. The Morgan fingerprint density at radius 2 is 2.14 bits per heavy atom. The van der Waals surface area contributed by atoms with Crippen LogP contribution >= 0.6 is 0 Å². The number of Topliss-reactive ketones (excluding diaryl/α,β-unsaturated/α-hetero) is 1. The van der Waals surface area contributed by atoms with Crippen LogP contribution in [0.1, 0.15) is 32.6 Å². The van der Waals surface area contributed by atoms with Crippen LogP contribution in [0, 0.1) is 0 Å². The number of carbonyl (C=O) groups is 2. The van der Waals surface area contributed by atoms with Gasteiger partial charge >= 0.3 is 5.97 Å². The number of aliphatic hydroxyl groups is 1. The summed E-state index contributed by atoms with van der Waals surface area (Å²) >= 11 is 0. The molecule has 0 unspecified atom stereocenters. The van der Waals surface area contributed by atoms with E-state index >= 15 is 0 Å². The summed E-state index contributed by atoms with van der Waals surface area (Å²) in [5.74, 6) is -1.22. The summed E-state index contributed by atoms with van der Waals surface area (Å²) in [6.45, 7) is 1.81. The van der Waals surface area contributed by atoms with Gasteiger partial charge in [0, 0.05) is 6.42 Å². The fourth-order valence-corrected chi connectivity index (χ4v) is 1.34. The molecule has 0 radical (unpaired) electrons. The van der Waals surface area contributed by atoms with Gasteiger partial charge in [-0.2, -0.15) is 0 Å². The second kappa shape index (κ2) is 4.79. The number of rotatable bonds is 4. The van der Waals surface area contributed by atoms with Crippen LogP contribution in [0.3, 0.4) is 0 Å². The minimum atomic E-state index is -0.691. The average molecular weight is 198 g/mol. The lowest BCUT2D eigenvalue weighted by atomic mass is 10.1. The molecule has 78 valence electrons. The van der Waals surface area contributed by atoms with Crippen LogP contribution in [0.2, 0.25) is 0 Å². The van der Waals surface area contributed by atoms with E-state index in [0.29, 0.717) is 6.42 Å². The number of ether oxygens (including phenoxy) is 1. The van der Waals surface area contributed by atoms with Gasteiger partial charge in [-0.25, -0.2) is 4.79 Å². The van der Waals surface area contributed by atoms with Gasteiger partial charge in [-0.1, -0.05) is 19.8 Å². The Morgan fingerprint density at radius 3 is 2.64 bits per heavy atom. The monoisotopic (exact) mass is 198 g/mol. The molecule has 1 N–H and O–H groups in total. The highest BCUT2D eigenvalue weighted by Gasteiger charge is 2.31. The second-order valence-corrected chi connectivity index (χ2v) is 3.28. The highest BCUT2D eigenvalue weighted by molar-refractivity contribution is 6.22. The third-order valence-corrected chi connectivity index (χ3v) is 2.12. The molecular weight excluding hydrogens is 184 g/mol. The number of carbonyl (C=O) groups excluding carboxylic acids is 2. The molecule has 4 heteroatoms. The smallest absolute Gasteiger partial charge is 0.345 e. The number of allylic oxidation sites excluding steroid dienone is 1. The van der Waals surface area contributed by atoms with Crippen LogP contribution in [0.4, 0.5) is 0 Å². The highest BCUT2D eigenvalue weighted by atomic mass is 16.5. The molecule has 4 nitrogen and oxygen atoms in total. The third kappa shape index (κ3) is 2.34. The van der Waals surface area contributed by atoms with Crippen LogP contribution in [0.15, 0.2) is 11.3 Å². The van der Waals surface area contributed by atoms with Crippen molar-refractivity contribution in [1.82, 2.24) is 0 Å². The van der Waals surface area contributed by atoms with E-state index in [-0.39, 0.29) is 17.9 Å². The number of unbranched alkanes of at least 4 members (excludes halogenated alkanes) is 2. The number of esters is 1. The molecule has 0 amide bonds. The van der Waals surface area contributed by atoms with E-state index in [9.17, 15) is 14.7 Å². The minimum Gasteiger partial charge on any atom is -0.511 e. The molecule has 0 aromatic rings. The zero-order valence-electron chi connectivity index (χ0n) is 8.21. The van der Waals surface area contributed by atoms with Crippen LogP contribution < -0.4 is 0 Å². The molecule has 0 spiro atoms. The summed E-state index contributed by atoms with van der Waals surface area (Å²) in [6.07, 6.45) is 3.16. The fourth-order valence-electron chi connectivity index (χ4n) is 1.34. The van der Waals surface area contributed by atoms with Gasteiger partial charge in [0.15, 0.2) is 6.61 Å². The van der Waals surface area contributed by atoms with Gasteiger partial charge in [0.25, 0.3) is 0 Å². The summed E-state index contributed by atoms with van der Waals surface area (Å²) in [5.41, 5.74) is -0.152. The molecule has 1 heterocycles. The number of aliphatic hydroxyl groups excluding tert-OH is 1. The molecular formula is C10H14O4. The summed E-state index contributed by atoms with van der Waals surface area (Å²) in [7, 11) is 0. The molecule has 1 aliphatic heterocycles. The second-order valence-electron chi connectivity index (χ2n) is 3.28. The van der Waals surface area contributed by atoms with Gasteiger partial charge in [0.1, 0.15) is 11.3 Å². The topological polar surface area (TPSA) is 63.6 Å². The standard InChI is InChI=1S/C10H14O4/c1-2-3-4-5-7(11)9-8(12)6-14-10(9)13/h11H,2-6H2,1H3. The number of ketones is 1. The average Bonchev–Trinajstić information content (AvgIpc) is 2.46. The molecule has 0 aromatic carbocycles. The lowest BCUT2D eigenvalue weighted by Crippen LogP contribution is -2.05. The van der Waals surface area contributed by atoms with Crippen LogP contribution in [0.5, 0.6) is 0 Å². The van der Waals surface area contributed by atoms with E-state index in [4.69, 9.17) is 0 Å². The van der Waals surface area contributed by atoms with Crippen LogP contribution in [-0.4, -0.2) is 23.5 Å². The Labute approximate surface area is 82.6 Å². The largest absolute Gasteiger partial charge is 0.511 e. The molecule has 0 aliphatic carbocycles. The van der Waals surface area contributed by atoms with Crippen molar-refractivity contribution in [3.8, 4) is 0 Å². The molecule has 0 bridgehead atoms. The Kier molecular flexibility index (Phi) is 3.68. The molecule has 0 aromatic heterocycles. The lowest BCUT2D eigenvalue weighted by molar-refractivity contribution is -0.135. The van der Waals surface area contributed by atoms with Crippen molar-refractivity contribution >= 4 is 11.8 Å². The normalized spacial score (nSPS) is 19.8. The van der Waals surface area contributed by atoms with Crippen molar-refractivity contribution in [3.05, 3.63) is 11.3 Å². The summed E-state index contributed by atoms with van der Waals surface area (Å²) in [5, 5.41) is 9.47. The van der Waals surface area contributed by atoms with E-state index < -0.39 is 11.8 Å². The Balaban J connectivity index is 2.62. The van der Waals surface area contributed by atoms with Crippen molar-refractivity contribution in [1.29, 1.82) is 0 Å². The molecule has 1 aliphatic rings. The first-order valence-corrected chi connectivity index (χ1v) is 4.79. The molecule has 1 rings (SSSR count). The van der Waals surface area contributed by atoms with Crippen molar-refractivity contribution in [2.45, 2.75) is 32.6 Å². The predicted octanol–water partition coefficient (Wildman–Crippen LogP) is 1.50. The third-order valence-electron chi connectivity index (χ3n) is 2.12. The maximum Gasteiger partial charge on any atom is 0.345 e. The predicted molar refractivity (Wildman–Crippen MR) is 49.8 cm³/mol. The van der Waals surface area contributed by atoms with E-state index in [1.807, 2.05) is 6.92 Å². The van der Waals surface area contributed by atoms with Crippen LogP contribution in [-0.2, 0) is 14.3 Å². The minimum absolute atomic E-state index is 0.119. The van der Waals surface area contributed by atoms with Crippen LogP contribution in [0.25, 0.3) is 0 Å². The van der Waals surface area contributed by atoms with E-state index in [2.05, 4.69) is 4.74 Å². The lowest BCUT2D eigenvalue weighted by Gasteiger charge is -2.00. The molecule has 1 saturated heterocycles. The Hall–Kier alpha value is -1.32. The van der Waals surface area contributed by atoms with Crippen molar-refractivity contribution in [2.75, 3.05) is 6.61 Å². The number of cyclic esters (lactones) is 1. The highest BCUT2D eigenvalue weighted by Crippen LogP contribution is 2.17. The van der Waals surface area contributed by atoms with Crippen molar-refractivity contribution in [3.63, 3.8) is 0 Å². The van der Waals surface area contributed by atoms with Gasteiger partial charge in [0.2, 0.25) is 5.78 Å². The summed E-state index contributed by atoms with van der Waals surface area (Å²) < 4.78 is 4.50. The number of hydrogen-bond donors (Lipinski definition) is 1. The van der Waals surface area contributed by atoms with Gasteiger partial charge < -0.3 is 9.84 Å². The Bertz CT molecular complexity index is 260. The van der Waals surface area contributed by atoms with Crippen molar-refractivity contribution < 1.29 is 19.4 Å². The van der Waals surface area contributed by atoms with Gasteiger partial charge in [0.05, 0.1) is 0 Å². The summed E-state index contributed by atoms with van der Waals surface area (Å²) in [4.78, 5) is 22.1. The van der Waals surface area contributed by atoms with Gasteiger partial charge in [-0.05, 0) is 6.42 Å².